The van der Waals surface area contributed by atoms with Gasteiger partial charge in [-0.05, 0) is 47.2 Å². The Bertz CT molecular complexity index is 1650. The summed E-state index contributed by atoms with van der Waals surface area (Å²) < 4.78 is 5.36. The van der Waals surface area contributed by atoms with Gasteiger partial charge in [0, 0.05) is 41.3 Å². The molecular formula is C31H29N3O6. The summed E-state index contributed by atoms with van der Waals surface area (Å²) in [6.45, 7) is 4.34. The number of methoxy groups -OCH3 is 1. The number of aliphatic hydroxyl groups is 1. The maximum atomic E-state index is 13.4. The van der Waals surface area contributed by atoms with E-state index in [1.54, 1.807) is 7.11 Å². The first-order chi connectivity index (χ1) is 19.2. The van der Waals surface area contributed by atoms with Crippen molar-refractivity contribution in [3.05, 3.63) is 111 Å². The first kappa shape index (κ1) is 26.7. The van der Waals surface area contributed by atoms with Gasteiger partial charge in [-0.15, -0.1) is 0 Å². The van der Waals surface area contributed by atoms with Crippen molar-refractivity contribution in [2.75, 3.05) is 13.7 Å². The van der Waals surface area contributed by atoms with E-state index in [9.17, 15) is 24.8 Å². The second-order valence-corrected chi connectivity index (χ2v) is 10.1. The summed E-state index contributed by atoms with van der Waals surface area (Å²) in [4.78, 5) is 42.3. The van der Waals surface area contributed by atoms with Crippen LogP contribution in [0.15, 0.2) is 78.5 Å². The predicted octanol–water partition coefficient (Wildman–Crippen LogP) is 5.87. The highest BCUT2D eigenvalue weighted by Gasteiger charge is 2.46. The van der Waals surface area contributed by atoms with Crippen molar-refractivity contribution >= 4 is 34.0 Å². The van der Waals surface area contributed by atoms with Crippen molar-refractivity contribution in [2.45, 2.75) is 32.2 Å². The number of aromatic nitrogens is 1. The number of benzene rings is 3. The Kier molecular flexibility index (Phi) is 7.13. The predicted molar refractivity (Wildman–Crippen MR) is 151 cm³/mol. The summed E-state index contributed by atoms with van der Waals surface area (Å²) in [5.74, 6) is -1.02. The van der Waals surface area contributed by atoms with Crippen LogP contribution in [-0.4, -0.2) is 45.3 Å². The minimum atomic E-state index is -0.861. The topological polar surface area (TPSA) is 126 Å². The molecule has 9 nitrogen and oxygen atoms in total. The molecule has 5 rings (SSSR count). The van der Waals surface area contributed by atoms with Crippen molar-refractivity contribution < 1.29 is 24.4 Å². The molecule has 1 fully saturated rings. The normalized spacial score (nSPS) is 16.7. The van der Waals surface area contributed by atoms with Crippen LogP contribution in [0.2, 0.25) is 0 Å². The number of ether oxygens (including phenoxy) is 1. The van der Waals surface area contributed by atoms with Crippen LogP contribution < -0.4 is 4.74 Å². The average Bonchev–Trinajstić information content (AvgIpc) is 3.48. The zero-order chi connectivity index (χ0) is 28.6. The number of nitrogens with zero attached hydrogens (tertiary/aromatic N) is 2. The molecule has 9 heteroatoms. The third-order valence-electron chi connectivity index (χ3n) is 7.39. The zero-order valence-electron chi connectivity index (χ0n) is 22.4. The minimum absolute atomic E-state index is 0.0941. The number of likely N-dealkylation sites (tertiary alicyclic amines) is 1. The first-order valence-electron chi connectivity index (χ1n) is 13.0. The fourth-order valence-corrected chi connectivity index (χ4v) is 5.17. The third kappa shape index (κ3) is 4.82. The van der Waals surface area contributed by atoms with Gasteiger partial charge in [0.05, 0.1) is 23.6 Å². The van der Waals surface area contributed by atoms with E-state index >= 15 is 0 Å². The molecule has 3 aromatic carbocycles. The first-order valence-corrected chi connectivity index (χ1v) is 13.0. The molecule has 1 aliphatic rings. The number of hydrogen-bond acceptors (Lipinski definition) is 6. The number of nitrogens with one attached hydrogen (secondary N) is 1. The highest BCUT2D eigenvalue weighted by atomic mass is 16.6. The summed E-state index contributed by atoms with van der Waals surface area (Å²) in [6, 6.07) is 17.8. The van der Waals surface area contributed by atoms with E-state index in [4.69, 9.17) is 4.74 Å². The second-order valence-electron chi connectivity index (χ2n) is 10.1. The Labute approximate surface area is 230 Å². The average molecular weight is 540 g/mol. The van der Waals surface area contributed by atoms with Gasteiger partial charge in [-0.2, -0.15) is 0 Å². The number of H-pyrrole nitrogens is 1. The van der Waals surface area contributed by atoms with E-state index in [0.29, 0.717) is 17.7 Å². The maximum absolute atomic E-state index is 13.4. The Balaban J connectivity index is 1.57. The van der Waals surface area contributed by atoms with Crippen molar-refractivity contribution in [3.63, 3.8) is 0 Å². The molecule has 2 N–H and O–H groups in total. The van der Waals surface area contributed by atoms with Crippen LogP contribution in [0, 0.1) is 10.1 Å². The Hall–Kier alpha value is -4.92. The second kappa shape index (κ2) is 10.7. The summed E-state index contributed by atoms with van der Waals surface area (Å²) in [7, 11) is 1.60. The van der Waals surface area contributed by atoms with Crippen LogP contribution in [0.5, 0.6) is 5.75 Å². The number of nitro benzene ring substituents is 1. The van der Waals surface area contributed by atoms with Crippen LogP contribution in [0.3, 0.4) is 0 Å². The molecule has 1 aliphatic heterocycles. The van der Waals surface area contributed by atoms with E-state index in [1.807, 2.05) is 48.7 Å². The summed E-state index contributed by atoms with van der Waals surface area (Å²) in [6.07, 6.45) is 2.31. The number of carbonyl (C=O) groups is 2. The zero-order valence-corrected chi connectivity index (χ0v) is 22.4. The molecule has 1 saturated heterocycles. The molecular weight excluding hydrogens is 510 g/mol. The summed E-state index contributed by atoms with van der Waals surface area (Å²) in [5.41, 5.74) is 3.39. The lowest BCUT2D eigenvalue weighted by atomic mass is 9.93. The van der Waals surface area contributed by atoms with Gasteiger partial charge >= 0.3 is 0 Å². The fourth-order valence-electron chi connectivity index (χ4n) is 5.17. The molecule has 2 heterocycles. The van der Waals surface area contributed by atoms with Crippen LogP contribution in [0.4, 0.5) is 5.69 Å². The largest absolute Gasteiger partial charge is 0.507 e. The van der Waals surface area contributed by atoms with Gasteiger partial charge in [0.25, 0.3) is 17.4 Å². The number of aliphatic hydroxyl groups excluding tert-OH is 1. The van der Waals surface area contributed by atoms with Gasteiger partial charge in [0.1, 0.15) is 11.5 Å². The minimum Gasteiger partial charge on any atom is -0.507 e. The molecule has 0 saturated carbocycles. The van der Waals surface area contributed by atoms with E-state index in [0.717, 1.165) is 22.0 Å². The standard InChI is InChI=1S/C31H29N3O6/c1-18(2)19-7-9-20(10-8-19)28-27(29(35)21-5-4-6-23(15-21)34(38)39)30(36)31(37)33(28)14-13-22-17-32-26-12-11-24(40-3)16-25(22)26/h4-12,15-18,28,32,35H,13-14H2,1-3H3/t28-/m0/s1. The number of hydrogen-bond donors (Lipinski definition) is 2. The smallest absolute Gasteiger partial charge is 0.295 e. The Morgan fingerprint density at radius 2 is 1.85 bits per heavy atom. The molecule has 0 spiro atoms. The Morgan fingerprint density at radius 1 is 1.10 bits per heavy atom. The van der Waals surface area contributed by atoms with Crippen LogP contribution in [0.1, 0.15) is 48.1 Å². The maximum Gasteiger partial charge on any atom is 0.295 e. The van der Waals surface area contributed by atoms with Crippen molar-refractivity contribution in [1.82, 2.24) is 9.88 Å². The monoisotopic (exact) mass is 539 g/mol. The number of Topliss-reactive ketones (excluding diaryl/α,β-unsaturated/α-hetero) is 1. The molecule has 40 heavy (non-hydrogen) atoms. The summed E-state index contributed by atoms with van der Waals surface area (Å²) >= 11 is 0. The molecule has 0 radical (unpaired) electrons. The van der Waals surface area contributed by atoms with Crippen LogP contribution in [0.25, 0.3) is 16.7 Å². The van der Waals surface area contributed by atoms with E-state index in [2.05, 4.69) is 18.8 Å². The number of amides is 1. The van der Waals surface area contributed by atoms with Gasteiger partial charge in [-0.3, -0.25) is 19.7 Å². The van der Waals surface area contributed by atoms with E-state index in [1.165, 1.54) is 29.2 Å². The molecule has 1 atom stereocenters. The molecule has 0 bridgehead atoms. The highest BCUT2D eigenvalue weighted by Crippen LogP contribution is 2.40. The SMILES string of the molecule is COc1ccc2[nH]cc(CCN3C(=O)C(=O)C(=C(O)c4cccc([N+](=O)[O-])c4)[C@@H]3c3ccc(C(C)C)cc3)c2c1. The molecule has 1 amide bonds. The van der Waals surface area contributed by atoms with Crippen molar-refractivity contribution in [1.29, 1.82) is 0 Å². The molecule has 204 valence electrons. The number of carbonyl (C=O) groups excluding carboxylic acids is 2. The van der Waals surface area contributed by atoms with Crippen molar-refractivity contribution in [3.8, 4) is 5.75 Å². The number of aromatic amines is 1. The number of non-ortho nitro benzene ring substituents is 1. The lowest BCUT2D eigenvalue weighted by molar-refractivity contribution is -0.384. The van der Waals surface area contributed by atoms with Crippen LogP contribution >= 0.6 is 0 Å². The molecule has 0 unspecified atom stereocenters. The Morgan fingerprint density at radius 3 is 2.52 bits per heavy atom. The van der Waals surface area contributed by atoms with Gasteiger partial charge in [0.2, 0.25) is 0 Å². The third-order valence-corrected chi connectivity index (χ3v) is 7.39. The lowest BCUT2D eigenvalue weighted by Crippen LogP contribution is -2.31. The lowest BCUT2D eigenvalue weighted by Gasteiger charge is -2.25. The van der Waals surface area contributed by atoms with Crippen molar-refractivity contribution in [2.24, 2.45) is 0 Å². The highest BCUT2D eigenvalue weighted by molar-refractivity contribution is 6.46. The number of rotatable bonds is 8. The quantitative estimate of drug-likeness (QED) is 0.0948. The molecule has 1 aromatic heterocycles. The number of nitro groups is 1. The van der Waals surface area contributed by atoms with E-state index < -0.39 is 28.4 Å². The van der Waals surface area contributed by atoms with Crippen LogP contribution in [-0.2, 0) is 16.0 Å². The number of fused-ring (bicyclic) bond motifs is 1. The van der Waals surface area contributed by atoms with Gasteiger partial charge in [0.15, 0.2) is 0 Å². The van der Waals surface area contributed by atoms with E-state index in [-0.39, 0.29) is 29.3 Å². The van der Waals surface area contributed by atoms with Gasteiger partial charge in [-0.25, -0.2) is 0 Å². The molecule has 4 aromatic rings. The fraction of sp³-hybridized carbons (Fsp3) is 0.226. The van der Waals surface area contributed by atoms with Gasteiger partial charge in [-0.1, -0.05) is 50.2 Å². The molecule has 0 aliphatic carbocycles. The number of ketones is 1. The van der Waals surface area contributed by atoms with Gasteiger partial charge < -0.3 is 19.7 Å². The summed E-state index contributed by atoms with van der Waals surface area (Å²) in [5, 5.41) is 23.6.